The molecule has 0 aliphatic rings. The molecule has 0 fully saturated rings. The summed E-state index contributed by atoms with van der Waals surface area (Å²) in [7, 11) is 1.62. The van der Waals surface area contributed by atoms with Crippen LogP contribution in [0.2, 0.25) is 0 Å². The number of hydrogen-bond donors (Lipinski definition) is 1. The van der Waals surface area contributed by atoms with E-state index < -0.39 is 0 Å². The van der Waals surface area contributed by atoms with Gasteiger partial charge in [-0.2, -0.15) is 0 Å². The molecule has 1 unspecified atom stereocenters. The van der Waals surface area contributed by atoms with Crippen molar-refractivity contribution in [3.8, 4) is 5.75 Å². The van der Waals surface area contributed by atoms with E-state index >= 15 is 0 Å². The van der Waals surface area contributed by atoms with Crippen LogP contribution in [-0.2, 0) is 6.42 Å². The highest BCUT2D eigenvalue weighted by Gasteiger charge is 2.14. The van der Waals surface area contributed by atoms with Crippen molar-refractivity contribution in [3.05, 3.63) is 63.4 Å². The van der Waals surface area contributed by atoms with Gasteiger partial charge in [-0.05, 0) is 52.5 Å². The Hall–Kier alpha value is -1.39. The van der Waals surface area contributed by atoms with Crippen LogP contribution in [0.25, 0.3) is 0 Å². The largest absolute Gasteiger partial charge is 0.496 e. The SMILES string of the molecule is COc1ccc(CC(N)c2cccc(C)c2F)cc1Br. The van der Waals surface area contributed by atoms with Crippen molar-refractivity contribution in [1.82, 2.24) is 0 Å². The molecule has 0 aliphatic heterocycles. The lowest BCUT2D eigenvalue weighted by molar-refractivity contribution is 0.412. The zero-order valence-corrected chi connectivity index (χ0v) is 13.1. The van der Waals surface area contributed by atoms with E-state index in [1.807, 2.05) is 24.3 Å². The summed E-state index contributed by atoms with van der Waals surface area (Å²) in [6.07, 6.45) is 0.572. The fourth-order valence-corrected chi connectivity index (χ4v) is 2.75. The van der Waals surface area contributed by atoms with Crippen LogP contribution in [0.15, 0.2) is 40.9 Å². The molecule has 0 spiro atoms. The number of rotatable bonds is 4. The molecular weight excluding hydrogens is 321 g/mol. The van der Waals surface area contributed by atoms with Crippen LogP contribution in [0.3, 0.4) is 0 Å². The molecule has 2 aromatic rings. The van der Waals surface area contributed by atoms with Gasteiger partial charge in [0, 0.05) is 11.6 Å². The van der Waals surface area contributed by atoms with Gasteiger partial charge < -0.3 is 10.5 Å². The van der Waals surface area contributed by atoms with Crippen LogP contribution < -0.4 is 10.5 Å². The molecule has 2 N–H and O–H groups in total. The topological polar surface area (TPSA) is 35.2 Å². The third-order valence-electron chi connectivity index (χ3n) is 3.29. The molecule has 0 heterocycles. The zero-order valence-electron chi connectivity index (χ0n) is 11.5. The van der Waals surface area contributed by atoms with Crippen LogP contribution in [-0.4, -0.2) is 7.11 Å². The Balaban J connectivity index is 2.21. The number of nitrogens with two attached hydrogens (primary N) is 1. The second-order valence-corrected chi connectivity index (χ2v) is 5.61. The maximum atomic E-state index is 14.0. The Labute approximate surface area is 126 Å². The lowest BCUT2D eigenvalue weighted by Gasteiger charge is -2.15. The summed E-state index contributed by atoms with van der Waals surface area (Å²) in [6.45, 7) is 1.75. The van der Waals surface area contributed by atoms with Gasteiger partial charge in [-0.15, -0.1) is 0 Å². The summed E-state index contributed by atoms with van der Waals surface area (Å²) >= 11 is 3.44. The van der Waals surface area contributed by atoms with Crippen LogP contribution in [0.1, 0.15) is 22.7 Å². The van der Waals surface area contributed by atoms with Gasteiger partial charge in [-0.1, -0.05) is 24.3 Å². The van der Waals surface area contributed by atoms with Gasteiger partial charge >= 0.3 is 0 Å². The second-order valence-electron chi connectivity index (χ2n) is 4.76. The van der Waals surface area contributed by atoms with Crippen molar-refractivity contribution in [1.29, 1.82) is 0 Å². The molecule has 20 heavy (non-hydrogen) atoms. The van der Waals surface area contributed by atoms with Crippen molar-refractivity contribution in [3.63, 3.8) is 0 Å². The van der Waals surface area contributed by atoms with E-state index in [0.717, 1.165) is 15.8 Å². The first-order valence-electron chi connectivity index (χ1n) is 6.36. The Morgan fingerprint density at radius 2 is 2.05 bits per heavy atom. The average molecular weight is 338 g/mol. The molecule has 0 bridgehead atoms. The molecule has 4 heteroatoms. The van der Waals surface area contributed by atoms with Gasteiger partial charge in [0.1, 0.15) is 11.6 Å². The van der Waals surface area contributed by atoms with Gasteiger partial charge in [0.05, 0.1) is 11.6 Å². The van der Waals surface area contributed by atoms with Crippen LogP contribution in [0.5, 0.6) is 5.75 Å². The monoisotopic (exact) mass is 337 g/mol. The van der Waals surface area contributed by atoms with Crippen molar-refractivity contribution >= 4 is 15.9 Å². The van der Waals surface area contributed by atoms with Crippen molar-refractivity contribution in [2.45, 2.75) is 19.4 Å². The molecule has 1 atom stereocenters. The average Bonchev–Trinajstić information content (AvgIpc) is 2.42. The van der Waals surface area contributed by atoms with E-state index in [9.17, 15) is 4.39 Å². The number of benzene rings is 2. The number of hydrogen-bond acceptors (Lipinski definition) is 2. The highest BCUT2D eigenvalue weighted by atomic mass is 79.9. The number of methoxy groups -OCH3 is 1. The normalized spacial score (nSPS) is 12.2. The standard InChI is InChI=1S/C16H17BrFNO/c1-10-4-3-5-12(16(10)18)14(19)9-11-6-7-15(20-2)13(17)8-11/h3-8,14H,9,19H2,1-2H3. The number of halogens is 2. The minimum Gasteiger partial charge on any atom is -0.496 e. The predicted octanol–water partition coefficient (Wildman–Crippen LogP) is 4.15. The predicted molar refractivity (Wildman–Crippen MR) is 82.5 cm³/mol. The molecule has 0 saturated heterocycles. The summed E-state index contributed by atoms with van der Waals surface area (Å²) in [5, 5.41) is 0. The molecule has 0 radical (unpaired) electrons. The zero-order chi connectivity index (χ0) is 14.7. The Kier molecular flexibility index (Phi) is 4.78. The van der Waals surface area contributed by atoms with Crippen LogP contribution in [0.4, 0.5) is 4.39 Å². The third kappa shape index (κ3) is 3.19. The molecule has 0 amide bonds. The van der Waals surface area contributed by atoms with Crippen molar-refractivity contribution < 1.29 is 9.13 Å². The van der Waals surface area contributed by atoms with E-state index in [2.05, 4.69) is 15.9 Å². The first-order chi connectivity index (χ1) is 9.52. The maximum Gasteiger partial charge on any atom is 0.133 e. The summed E-state index contributed by atoms with van der Waals surface area (Å²) in [6, 6.07) is 10.7. The van der Waals surface area contributed by atoms with Gasteiger partial charge in [-0.3, -0.25) is 0 Å². The van der Waals surface area contributed by atoms with Gasteiger partial charge in [-0.25, -0.2) is 4.39 Å². The molecule has 0 aliphatic carbocycles. The van der Waals surface area contributed by atoms with E-state index in [1.165, 1.54) is 0 Å². The minimum absolute atomic E-state index is 0.215. The molecule has 2 rings (SSSR count). The summed E-state index contributed by atoms with van der Waals surface area (Å²) in [5.41, 5.74) is 8.34. The first kappa shape index (κ1) is 15.0. The third-order valence-corrected chi connectivity index (χ3v) is 3.91. The Morgan fingerprint density at radius 1 is 1.30 bits per heavy atom. The maximum absolute atomic E-state index is 14.0. The molecule has 2 nitrogen and oxygen atoms in total. The summed E-state index contributed by atoms with van der Waals surface area (Å²) in [5.74, 6) is 0.552. The number of ether oxygens (including phenoxy) is 1. The van der Waals surface area contributed by atoms with E-state index in [-0.39, 0.29) is 11.9 Å². The van der Waals surface area contributed by atoms with E-state index in [1.54, 1.807) is 26.2 Å². The highest BCUT2D eigenvalue weighted by molar-refractivity contribution is 9.10. The van der Waals surface area contributed by atoms with Crippen LogP contribution >= 0.6 is 15.9 Å². The van der Waals surface area contributed by atoms with Gasteiger partial charge in [0.25, 0.3) is 0 Å². The molecule has 106 valence electrons. The molecule has 2 aromatic carbocycles. The highest BCUT2D eigenvalue weighted by Crippen LogP contribution is 2.28. The molecule has 0 aromatic heterocycles. The smallest absolute Gasteiger partial charge is 0.133 e. The minimum atomic E-state index is -0.366. The van der Waals surface area contributed by atoms with Gasteiger partial charge in [0.15, 0.2) is 0 Å². The molecular formula is C16H17BrFNO. The quantitative estimate of drug-likeness (QED) is 0.909. The lowest BCUT2D eigenvalue weighted by Crippen LogP contribution is -2.15. The summed E-state index contributed by atoms with van der Waals surface area (Å²) < 4.78 is 20.1. The fraction of sp³-hybridized carbons (Fsp3) is 0.250. The fourth-order valence-electron chi connectivity index (χ4n) is 2.16. The van der Waals surface area contributed by atoms with E-state index in [0.29, 0.717) is 17.5 Å². The van der Waals surface area contributed by atoms with Crippen molar-refractivity contribution in [2.24, 2.45) is 5.73 Å². The molecule has 0 saturated carbocycles. The van der Waals surface area contributed by atoms with Gasteiger partial charge in [0.2, 0.25) is 0 Å². The number of aryl methyl sites for hydroxylation is 1. The van der Waals surface area contributed by atoms with Crippen LogP contribution in [0, 0.1) is 12.7 Å². The Bertz CT molecular complexity index is 615. The van der Waals surface area contributed by atoms with Crippen molar-refractivity contribution in [2.75, 3.05) is 7.11 Å². The summed E-state index contributed by atoms with van der Waals surface area (Å²) in [4.78, 5) is 0. The van der Waals surface area contributed by atoms with E-state index in [4.69, 9.17) is 10.5 Å². The first-order valence-corrected chi connectivity index (χ1v) is 7.15. The second kappa shape index (κ2) is 6.37. The Morgan fingerprint density at radius 3 is 2.70 bits per heavy atom. The lowest BCUT2D eigenvalue weighted by atomic mass is 9.97.